The van der Waals surface area contributed by atoms with Crippen molar-refractivity contribution in [3.63, 3.8) is 0 Å². The van der Waals surface area contributed by atoms with Crippen LogP contribution in [0.15, 0.2) is 23.2 Å². The summed E-state index contributed by atoms with van der Waals surface area (Å²) < 4.78 is 29.2. The smallest absolute Gasteiger partial charge is 0.191 e. The highest BCUT2D eigenvalue weighted by Gasteiger charge is 2.20. The van der Waals surface area contributed by atoms with Crippen molar-refractivity contribution in [1.82, 2.24) is 15.5 Å². The Bertz CT molecular complexity index is 772. The lowest BCUT2D eigenvalue weighted by atomic mass is 10.1. The van der Waals surface area contributed by atoms with Gasteiger partial charge in [-0.2, -0.15) is 0 Å². The van der Waals surface area contributed by atoms with Crippen molar-refractivity contribution in [1.29, 1.82) is 0 Å². The van der Waals surface area contributed by atoms with Crippen molar-refractivity contribution in [2.75, 3.05) is 44.2 Å². The highest BCUT2D eigenvalue weighted by molar-refractivity contribution is 14.0. The van der Waals surface area contributed by atoms with Crippen molar-refractivity contribution in [2.45, 2.75) is 46.8 Å². The number of hydrogen-bond acceptors (Lipinski definition) is 5. The van der Waals surface area contributed by atoms with Crippen LogP contribution in [-0.2, 0) is 16.4 Å². The Kier molecular flexibility index (Phi) is 12.0. The van der Waals surface area contributed by atoms with E-state index >= 15 is 0 Å². The minimum absolute atomic E-state index is 0. The van der Waals surface area contributed by atoms with Crippen LogP contribution in [-0.4, -0.2) is 69.6 Å². The molecule has 172 valence electrons. The molecule has 0 spiro atoms. The topological polar surface area (TPSA) is 83.0 Å². The van der Waals surface area contributed by atoms with Crippen LogP contribution in [0.2, 0.25) is 0 Å². The molecular formula is C21H37IN4O3S. The maximum absolute atomic E-state index is 11.5. The fourth-order valence-electron chi connectivity index (χ4n) is 3.01. The van der Waals surface area contributed by atoms with E-state index in [-0.39, 0.29) is 41.6 Å². The average molecular weight is 553 g/mol. The molecule has 2 rings (SSSR count). The monoisotopic (exact) mass is 552 g/mol. The number of halogens is 1. The maximum atomic E-state index is 11.5. The van der Waals surface area contributed by atoms with Crippen molar-refractivity contribution >= 4 is 39.8 Å². The minimum atomic E-state index is -2.83. The van der Waals surface area contributed by atoms with Gasteiger partial charge in [0.1, 0.15) is 5.75 Å². The number of guanidine groups is 1. The van der Waals surface area contributed by atoms with Crippen LogP contribution < -0.4 is 15.4 Å². The fourth-order valence-corrected chi connectivity index (χ4v) is 4.29. The van der Waals surface area contributed by atoms with Crippen LogP contribution in [0, 0.1) is 6.92 Å². The molecule has 0 saturated carbocycles. The molecule has 0 bridgehead atoms. The molecule has 30 heavy (non-hydrogen) atoms. The summed E-state index contributed by atoms with van der Waals surface area (Å²) in [4.78, 5) is 6.89. The van der Waals surface area contributed by atoms with Crippen LogP contribution >= 0.6 is 24.0 Å². The molecule has 1 aromatic rings. The zero-order chi connectivity index (χ0) is 21.3. The number of rotatable bonds is 9. The van der Waals surface area contributed by atoms with Gasteiger partial charge in [0.2, 0.25) is 0 Å². The maximum Gasteiger partial charge on any atom is 0.191 e. The van der Waals surface area contributed by atoms with E-state index in [4.69, 9.17) is 9.73 Å². The second-order valence-electron chi connectivity index (χ2n) is 7.56. The van der Waals surface area contributed by atoms with E-state index in [1.54, 1.807) is 0 Å². The molecule has 9 heteroatoms. The van der Waals surface area contributed by atoms with Crippen LogP contribution in [0.3, 0.4) is 0 Å². The third-order valence-electron chi connectivity index (χ3n) is 5.03. The normalized spacial score (nSPS) is 17.7. The van der Waals surface area contributed by atoms with Crippen LogP contribution in [0.1, 0.15) is 38.3 Å². The zero-order valence-corrected chi connectivity index (χ0v) is 21.8. The van der Waals surface area contributed by atoms with Crippen LogP contribution in [0.5, 0.6) is 5.75 Å². The summed E-state index contributed by atoms with van der Waals surface area (Å²) in [5.74, 6) is 2.17. The Balaban J connectivity index is 0.00000450. The lowest BCUT2D eigenvalue weighted by molar-refractivity contribution is 0.215. The van der Waals surface area contributed by atoms with Crippen LogP contribution in [0.4, 0.5) is 0 Å². The first-order valence-electron chi connectivity index (χ1n) is 10.5. The molecule has 1 aliphatic heterocycles. The van der Waals surface area contributed by atoms with E-state index in [0.717, 1.165) is 43.3 Å². The van der Waals surface area contributed by atoms with Gasteiger partial charge in [-0.1, -0.05) is 19.1 Å². The first kappa shape index (κ1) is 27.0. The third kappa shape index (κ3) is 9.38. The minimum Gasteiger partial charge on any atom is -0.490 e. The van der Waals surface area contributed by atoms with E-state index < -0.39 is 9.84 Å². The van der Waals surface area contributed by atoms with Gasteiger partial charge < -0.3 is 15.4 Å². The summed E-state index contributed by atoms with van der Waals surface area (Å²) >= 11 is 0. The van der Waals surface area contributed by atoms with Gasteiger partial charge in [-0.25, -0.2) is 13.4 Å². The summed E-state index contributed by atoms with van der Waals surface area (Å²) in [6.07, 6.45) is 1.12. The second kappa shape index (κ2) is 13.4. The number of nitrogens with one attached hydrogen (secondary N) is 2. The van der Waals surface area contributed by atoms with Crippen molar-refractivity contribution in [2.24, 2.45) is 4.99 Å². The Morgan fingerprint density at radius 3 is 2.57 bits per heavy atom. The highest BCUT2D eigenvalue weighted by Crippen LogP contribution is 2.23. The average Bonchev–Trinajstić information content (AvgIpc) is 2.68. The fraction of sp³-hybridized carbons (Fsp3) is 0.667. The van der Waals surface area contributed by atoms with Gasteiger partial charge in [0, 0.05) is 38.3 Å². The summed E-state index contributed by atoms with van der Waals surface area (Å²) in [6, 6.07) is 6.23. The molecule has 1 aliphatic rings. The van der Waals surface area contributed by atoms with Gasteiger partial charge >= 0.3 is 0 Å². The molecule has 1 atom stereocenters. The predicted molar refractivity (Wildman–Crippen MR) is 135 cm³/mol. The quantitative estimate of drug-likeness (QED) is 0.279. The summed E-state index contributed by atoms with van der Waals surface area (Å²) in [5, 5.41) is 6.62. The lowest BCUT2D eigenvalue weighted by Gasteiger charge is -2.26. The SMILES string of the molecule is CCNC(=NCc1ccc(C)cc1OC(C)CC)NCCN1CCS(=O)(=O)CC1.I. The predicted octanol–water partition coefficient (Wildman–Crippen LogP) is 2.58. The van der Waals surface area contributed by atoms with Gasteiger partial charge in [-0.05, 0) is 38.8 Å². The largest absolute Gasteiger partial charge is 0.490 e. The van der Waals surface area contributed by atoms with E-state index in [2.05, 4.69) is 54.5 Å². The molecule has 0 aliphatic carbocycles. The number of nitrogens with zero attached hydrogens (tertiary/aromatic N) is 2. The first-order valence-corrected chi connectivity index (χ1v) is 12.4. The third-order valence-corrected chi connectivity index (χ3v) is 6.64. The van der Waals surface area contributed by atoms with Gasteiger partial charge in [0.25, 0.3) is 0 Å². The molecule has 0 radical (unpaired) electrons. The van der Waals surface area contributed by atoms with Gasteiger partial charge in [-0.15, -0.1) is 24.0 Å². The summed E-state index contributed by atoms with van der Waals surface area (Å²) in [5.41, 5.74) is 2.24. The first-order chi connectivity index (χ1) is 13.8. The van der Waals surface area contributed by atoms with E-state index in [9.17, 15) is 8.42 Å². The number of hydrogen-bond donors (Lipinski definition) is 2. The standard InChI is InChI=1S/C21H36N4O3S.HI/c1-5-18(4)28-20-15-17(3)7-8-19(20)16-24-21(22-6-2)23-9-10-25-11-13-29(26,27)14-12-25;/h7-8,15,18H,5-6,9-14,16H2,1-4H3,(H2,22,23,24);1H. The van der Waals surface area contributed by atoms with Gasteiger partial charge in [-0.3, -0.25) is 4.90 Å². The number of ether oxygens (including phenoxy) is 1. The molecule has 1 heterocycles. The van der Waals surface area contributed by atoms with Crippen molar-refractivity contribution in [3.05, 3.63) is 29.3 Å². The summed E-state index contributed by atoms with van der Waals surface area (Å²) in [7, 11) is -2.83. The number of aliphatic imine (C=N–C) groups is 1. The Morgan fingerprint density at radius 2 is 1.93 bits per heavy atom. The van der Waals surface area contributed by atoms with E-state index in [0.29, 0.717) is 19.6 Å². The van der Waals surface area contributed by atoms with Crippen LogP contribution in [0.25, 0.3) is 0 Å². The molecular weight excluding hydrogens is 515 g/mol. The molecule has 1 unspecified atom stereocenters. The molecule has 2 N–H and O–H groups in total. The number of benzene rings is 1. The highest BCUT2D eigenvalue weighted by atomic mass is 127. The zero-order valence-electron chi connectivity index (χ0n) is 18.6. The summed E-state index contributed by atoms with van der Waals surface area (Å²) in [6.45, 7) is 12.3. The Labute approximate surface area is 199 Å². The lowest BCUT2D eigenvalue weighted by Crippen LogP contribution is -2.45. The second-order valence-corrected chi connectivity index (χ2v) is 9.87. The molecule has 7 nitrogen and oxygen atoms in total. The van der Waals surface area contributed by atoms with Crippen molar-refractivity contribution in [3.8, 4) is 5.75 Å². The van der Waals surface area contributed by atoms with Gasteiger partial charge in [0.05, 0.1) is 24.2 Å². The molecule has 1 saturated heterocycles. The molecule has 0 amide bonds. The molecule has 1 aromatic carbocycles. The molecule has 0 aromatic heterocycles. The van der Waals surface area contributed by atoms with Gasteiger partial charge in [0.15, 0.2) is 15.8 Å². The number of sulfone groups is 1. The number of aryl methyl sites for hydroxylation is 1. The van der Waals surface area contributed by atoms with E-state index in [1.807, 2.05) is 6.92 Å². The Hall–Kier alpha value is -1.07. The van der Waals surface area contributed by atoms with E-state index in [1.165, 1.54) is 5.56 Å². The molecule has 1 fully saturated rings. The van der Waals surface area contributed by atoms with Crippen molar-refractivity contribution < 1.29 is 13.2 Å². The Morgan fingerprint density at radius 1 is 1.23 bits per heavy atom.